The van der Waals surface area contributed by atoms with E-state index >= 15 is 0 Å². The van der Waals surface area contributed by atoms with Crippen LogP contribution in [0.15, 0.2) is 22.7 Å². The third-order valence-electron chi connectivity index (χ3n) is 1.86. The second-order valence-corrected chi connectivity index (χ2v) is 5.85. The van der Waals surface area contributed by atoms with Gasteiger partial charge in [-0.2, -0.15) is 0 Å². The summed E-state index contributed by atoms with van der Waals surface area (Å²) in [4.78, 5) is 0. The standard InChI is InChI=1S/C12H18BrN/c1-9-5-10(13)7-11(6-9)14-8-12(2,3)4/h5-7,14H,8H2,1-4H3. The van der Waals surface area contributed by atoms with Crippen molar-refractivity contribution < 1.29 is 0 Å². The van der Waals surface area contributed by atoms with Gasteiger partial charge in [0.25, 0.3) is 0 Å². The minimum atomic E-state index is 0.316. The van der Waals surface area contributed by atoms with E-state index < -0.39 is 0 Å². The SMILES string of the molecule is Cc1cc(Br)cc(NCC(C)(C)C)c1. The molecule has 0 amide bonds. The number of benzene rings is 1. The Morgan fingerprint density at radius 2 is 1.86 bits per heavy atom. The average Bonchev–Trinajstić information content (AvgIpc) is 1.97. The molecule has 1 aromatic rings. The summed E-state index contributed by atoms with van der Waals surface area (Å²) in [6, 6.07) is 6.39. The van der Waals surface area contributed by atoms with Crippen molar-refractivity contribution in [2.75, 3.05) is 11.9 Å². The monoisotopic (exact) mass is 255 g/mol. The van der Waals surface area contributed by atoms with Crippen molar-refractivity contribution in [2.45, 2.75) is 27.7 Å². The summed E-state index contributed by atoms with van der Waals surface area (Å²) < 4.78 is 1.13. The summed E-state index contributed by atoms with van der Waals surface area (Å²) >= 11 is 3.49. The molecule has 0 fully saturated rings. The van der Waals surface area contributed by atoms with Crippen molar-refractivity contribution in [3.05, 3.63) is 28.2 Å². The first-order chi connectivity index (χ1) is 6.37. The lowest BCUT2D eigenvalue weighted by atomic mass is 9.97. The summed E-state index contributed by atoms with van der Waals surface area (Å²) in [7, 11) is 0. The third-order valence-corrected chi connectivity index (χ3v) is 2.32. The molecule has 1 N–H and O–H groups in total. The lowest BCUT2D eigenvalue weighted by molar-refractivity contribution is 0.443. The van der Waals surface area contributed by atoms with E-state index in [1.165, 1.54) is 11.3 Å². The van der Waals surface area contributed by atoms with Gasteiger partial charge in [0.15, 0.2) is 0 Å². The fourth-order valence-electron chi connectivity index (χ4n) is 1.21. The van der Waals surface area contributed by atoms with Crippen LogP contribution in [0, 0.1) is 12.3 Å². The van der Waals surface area contributed by atoms with E-state index in [0.717, 1.165) is 11.0 Å². The van der Waals surface area contributed by atoms with Gasteiger partial charge in [0, 0.05) is 16.7 Å². The Bertz CT molecular complexity index is 292. The van der Waals surface area contributed by atoms with Crippen LogP contribution in [-0.4, -0.2) is 6.54 Å². The molecule has 0 aliphatic heterocycles. The van der Waals surface area contributed by atoms with Gasteiger partial charge in [-0.25, -0.2) is 0 Å². The quantitative estimate of drug-likeness (QED) is 0.835. The van der Waals surface area contributed by atoms with Crippen molar-refractivity contribution >= 4 is 21.6 Å². The van der Waals surface area contributed by atoms with Gasteiger partial charge in [-0.3, -0.25) is 0 Å². The minimum absolute atomic E-state index is 0.316. The molecule has 0 saturated carbocycles. The topological polar surface area (TPSA) is 12.0 Å². The van der Waals surface area contributed by atoms with Crippen molar-refractivity contribution in [1.29, 1.82) is 0 Å². The summed E-state index contributed by atoms with van der Waals surface area (Å²) in [5.41, 5.74) is 2.78. The molecular formula is C12H18BrN. The molecule has 78 valence electrons. The Morgan fingerprint density at radius 3 is 2.36 bits per heavy atom. The summed E-state index contributed by atoms with van der Waals surface area (Å²) in [6.45, 7) is 9.77. The lowest BCUT2D eigenvalue weighted by Crippen LogP contribution is -2.18. The summed E-state index contributed by atoms with van der Waals surface area (Å²) in [6.07, 6.45) is 0. The van der Waals surface area contributed by atoms with Crippen LogP contribution in [-0.2, 0) is 0 Å². The Morgan fingerprint density at radius 1 is 1.21 bits per heavy atom. The normalized spacial score (nSPS) is 11.5. The molecule has 0 atom stereocenters. The second-order valence-electron chi connectivity index (χ2n) is 4.93. The van der Waals surface area contributed by atoms with Crippen molar-refractivity contribution in [2.24, 2.45) is 5.41 Å². The maximum atomic E-state index is 3.49. The average molecular weight is 256 g/mol. The van der Waals surface area contributed by atoms with Crippen LogP contribution in [0.3, 0.4) is 0 Å². The summed E-state index contributed by atoms with van der Waals surface area (Å²) in [5, 5.41) is 3.44. The number of rotatable bonds is 2. The lowest BCUT2D eigenvalue weighted by Gasteiger charge is -2.20. The molecule has 1 aromatic carbocycles. The second kappa shape index (κ2) is 4.35. The Balaban J connectivity index is 2.68. The molecule has 0 aliphatic rings. The smallest absolute Gasteiger partial charge is 0.0354 e. The zero-order valence-corrected chi connectivity index (χ0v) is 10.9. The Kier molecular flexibility index (Phi) is 3.59. The van der Waals surface area contributed by atoms with Gasteiger partial charge in [-0.1, -0.05) is 36.7 Å². The van der Waals surface area contributed by atoms with Crippen LogP contribution < -0.4 is 5.32 Å². The maximum absolute atomic E-state index is 3.49. The number of aryl methyl sites for hydroxylation is 1. The van der Waals surface area contributed by atoms with E-state index in [2.05, 4.69) is 67.1 Å². The molecule has 14 heavy (non-hydrogen) atoms. The molecule has 0 spiro atoms. The van der Waals surface area contributed by atoms with Gasteiger partial charge in [0.2, 0.25) is 0 Å². The molecule has 0 bridgehead atoms. The first-order valence-electron chi connectivity index (χ1n) is 4.88. The van der Waals surface area contributed by atoms with Gasteiger partial charge in [-0.05, 0) is 36.1 Å². The van der Waals surface area contributed by atoms with Crippen LogP contribution >= 0.6 is 15.9 Å². The molecule has 0 saturated heterocycles. The van der Waals surface area contributed by atoms with E-state index in [-0.39, 0.29) is 0 Å². The highest BCUT2D eigenvalue weighted by molar-refractivity contribution is 9.10. The van der Waals surface area contributed by atoms with E-state index in [9.17, 15) is 0 Å². The van der Waals surface area contributed by atoms with Gasteiger partial charge in [0.05, 0.1) is 0 Å². The molecule has 0 aliphatic carbocycles. The third kappa shape index (κ3) is 4.14. The molecule has 0 heterocycles. The zero-order chi connectivity index (χ0) is 10.8. The van der Waals surface area contributed by atoms with Crippen LogP contribution in [0.2, 0.25) is 0 Å². The molecule has 1 rings (SSSR count). The van der Waals surface area contributed by atoms with Crippen LogP contribution in [0.4, 0.5) is 5.69 Å². The zero-order valence-electron chi connectivity index (χ0n) is 9.32. The number of halogens is 1. The molecule has 2 heteroatoms. The first kappa shape index (κ1) is 11.6. The van der Waals surface area contributed by atoms with Crippen molar-refractivity contribution in [3.63, 3.8) is 0 Å². The number of nitrogens with one attached hydrogen (secondary N) is 1. The Labute approximate surface area is 95.0 Å². The van der Waals surface area contributed by atoms with E-state index in [1.807, 2.05) is 0 Å². The van der Waals surface area contributed by atoms with E-state index in [1.54, 1.807) is 0 Å². The first-order valence-corrected chi connectivity index (χ1v) is 5.67. The Hall–Kier alpha value is -0.500. The largest absolute Gasteiger partial charge is 0.384 e. The predicted octanol–water partition coefficient (Wildman–Crippen LogP) is 4.22. The molecule has 0 radical (unpaired) electrons. The predicted molar refractivity (Wildman–Crippen MR) is 66.8 cm³/mol. The fourth-order valence-corrected chi connectivity index (χ4v) is 1.81. The highest BCUT2D eigenvalue weighted by Gasteiger charge is 2.09. The van der Waals surface area contributed by atoms with Crippen molar-refractivity contribution in [3.8, 4) is 0 Å². The summed E-state index contributed by atoms with van der Waals surface area (Å²) in [5.74, 6) is 0. The molecule has 0 aromatic heterocycles. The molecule has 0 unspecified atom stereocenters. The van der Waals surface area contributed by atoms with Gasteiger partial charge in [0.1, 0.15) is 0 Å². The molecule has 1 nitrogen and oxygen atoms in total. The van der Waals surface area contributed by atoms with Crippen LogP contribution in [0.1, 0.15) is 26.3 Å². The van der Waals surface area contributed by atoms with Gasteiger partial charge >= 0.3 is 0 Å². The number of anilines is 1. The van der Waals surface area contributed by atoms with Crippen molar-refractivity contribution in [1.82, 2.24) is 0 Å². The van der Waals surface area contributed by atoms with Crippen LogP contribution in [0.25, 0.3) is 0 Å². The number of hydrogen-bond acceptors (Lipinski definition) is 1. The highest BCUT2D eigenvalue weighted by Crippen LogP contribution is 2.21. The van der Waals surface area contributed by atoms with Gasteiger partial charge in [-0.15, -0.1) is 0 Å². The van der Waals surface area contributed by atoms with Crippen LogP contribution in [0.5, 0.6) is 0 Å². The van der Waals surface area contributed by atoms with Gasteiger partial charge < -0.3 is 5.32 Å². The number of hydrogen-bond donors (Lipinski definition) is 1. The van der Waals surface area contributed by atoms with E-state index in [4.69, 9.17) is 0 Å². The minimum Gasteiger partial charge on any atom is -0.384 e. The molecular weight excluding hydrogens is 238 g/mol. The maximum Gasteiger partial charge on any atom is 0.0354 e. The highest BCUT2D eigenvalue weighted by atomic mass is 79.9. The fraction of sp³-hybridized carbons (Fsp3) is 0.500. The van der Waals surface area contributed by atoms with E-state index in [0.29, 0.717) is 5.41 Å².